The molecule has 24 heavy (non-hydrogen) atoms. The lowest BCUT2D eigenvalue weighted by Gasteiger charge is -2.13. The molecule has 2 aromatic carbocycles. The number of methoxy groups -OCH3 is 1. The predicted octanol–water partition coefficient (Wildman–Crippen LogP) is 4.09. The van der Waals surface area contributed by atoms with Crippen molar-refractivity contribution < 1.29 is 19.1 Å². The topological polar surface area (TPSA) is 64.6 Å². The molecule has 1 N–H and O–H groups in total. The maximum absolute atomic E-state index is 12.3. The number of benzene rings is 2. The van der Waals surface area contributed by atoms with Gasteiger partial charge in [0, 0.05) is 11.6 Å². The van der Waals surface area contributed by atoms with Crippen molar-refractivity contribution in [2.24, 2.45) is 0 Å². The molecule has 0 atom stereocenters. The molecule has 0 unspecified atom stereocenters. The van der Waals surface area contributed by atoms with Gasteiger partial charge in [-0.2, -0.15) is 0 Å². The summed E-state index contributed by atoms with van der Waals surface area (Å²) >= 11 is 6.18. The van der Waals surface area contributed by atoms with Crippen molar-refractivity contribution in [1.82, 2.24) is 0 Å². The highest BCUT2D eigenvalue weighted by atomic mass is 35.5. The molecule has 0 saturated heterocycles. The highest BCUT2D eigenvalue weighted by Gasteiger charge is 2.18. The Morgan fingerprint density at radius 2 is 1.83 bits per heavy atom. The van der Waals surface area contributed by atoms with Gasteiger partial charge in [-0.1, -0.05) is 29.3 Å². The molecule has 0 saturated carbocycles. The van der Waals surface area contributed by atoms with E-state index in [1.165, 1.54) is 19.2 Å². The van der Waals surface area contributed by atoms with E-state index in [0.29, 0.717) is 11.3 Å². The van der Waals surface area contributed by atoms with Gasteiger partial charge >= 0.3 is 5.97 Å². The van der Waals surface area contributed by atoms with Crippen molar-refractivity contribution in [2.75, 3.05) is 19.0 Å². The van der Waals surface area contributed by atoms with Crippen molar-refractivity contribution >= 4 is 29.2 Å². The van der Waals surface area contributed by atoms with Gasteiger partial charge in [0.1, 0.15) is 11.3 Å². The second kappa shape index (κ2) is 7.84. The smallest absolute Gasteiger partial charge is 0.341 e. The van der Waals surface area contributed by atoms with E-state index in [2.05, 4.69) is 5.32 Å². The number of hydrogen-bond donors (Lipinski definition) is 1. The highest BCUT2D eigenvalue weighted by molar-refractivity contribution is 6.34. The minimum atomic E-state index is -0.535. The van der Waals surface area contributed by atoms with Crippen LogP contribution in [0.25, 0.3) is 0 Å². The van der Waals surface area contributed by atoms with Crippen LogP contribution in [0.3, 0.4) is 0 Å². The van der Waals surface area contributed by atoms with Crippen LogP contribution in [0, 0.1) is 6.92 Å². The van der Waals surface area contributed by atoms with E-state index in [0.717, 1.165) is 5.56 Å². The third-order valence-electron chi connectivity index (χ3n) is 3.35. The van der Waals surface area contributed by atoms with E-state index >= 15 is 0 Å². The number of carbonyl (C=O) groups is 2. The number of carbonyl (C=O) groups excluding carboxylic acids is 2. The van der Waals surface area contributed by atoms with Gasteiger partial charge in [0.25, 0.3) is 5.91 Å². The Balaban J connectivity index is 2.29. The SMILES string of the molecule is CCOC(=O)c1cc(Cl)c(NC(=O)c2ccc(C)cc2)cc1OC. The lowest BCUT2D eigenvalue weighted by Crippen LogP contribution is -2.13. The Hall–Kier alpha value is -2.53. The molecule has 0 radical (unpaired) electrons. The number of esters is 1. The van der Waals surface area contributed by atoms with Gasteiger partial charge in [0.2, 0.25) is 0 Å². The van der Waals surface area contributed by atoms with E-state index in [9.17, 15) is 9.59 Å². The quantitative estimate of drug-likeness (QED) is 0.827. The number of halogens is 1. The standard InChI is InChI=1S/C18H18ClNO4/c1-4-24-18(22)13-9-14(19)15(10-16(13)23-3)20-17(21)12-7-5-11(2)6-8-12/h5-10H,4H2,1-3H3,(H,20,21). The van der Waals surface area contributed by atoms with Crippen LogP contribution in [0.5, 0.6) is 5.75 Å². The number of anilines is 1. The number of nitrogens with one attached hydrogen (secondary N) is 1. The van der Waals surface area contributed by atoms with Gasteiger partial charge in [-0.25, -0.2) is 4.79 Å². The van der Waals surface area contributed by atoms with Gasteiger partial charge in [-0.15, -0.1) is 0 Å². The van der Waals surface area contributed by atoms with E-state index in [4.69, 9.17) is 21.1 Å². The first-order valence-electron chi connectivity index (χ1n) is 7.39. The van der Waals surface area contributed by atoms with Crippen LogP contribution in [0.4, 0.5) is 5.69 Å². The molecule has 0 spiro atoms. The van der Waals surface area contributed by atoms with Crippen LogP contribution >= 0.6 is 11.6 Å². The summed E-state index contributed by atoms with van der Waals surface area (Å²) in [5.74, 6) is -0.562. The zero-order valence-corrected chi connectivity index (χ0v) is 14.4. The summed E-state index contributed by atoms with van der Waals surface area (Å²) in [5.41, 5.74) is 2.12. The normalized spacial score (nSPS) is 10.2. The van der Waals surface area contributed by atoms with Crippen molar-refractivity contribution in [1.29, 1.82) is 0 Å². The summed E-state index contributed by atoms with van der Waals surface area (Å²) < 4.78 is 10.2. The fourth-order valence-corrected chi connectivity index (χ4v) is 2.30. The maximum atomic E-state index is 12.3. The minimum absolute atomic E-state index is 0.206. The molecule has 0 heterocycles. The van der Waals surface area contributed by atoms with E-state index < -0.39 is 5.97 Å². The molecule has 0 aromatic heterocycles. The average molecular weight is 348 g/mol. The zero-order chi connectivity index (χ0) is 17.7. The minimum Gasteiger partial charge on any atom is -0.496 e. The van der Waals surface area contributed by atoms with Crippen molar-refractivity contribution in [3.8, 4) is 5.75 Å². The molecule has 0 aliphatic heterocycles. The summed E-state index contributed by atoms with van der Waals surface area (Å²) in [5, 5.41) is 2.94. The second-order valence-electron chi connectivity index (χ2n) is 5.07. The molecule has 0 fully saturated rings. The van der Waals surface area contributed by atoms with E-state index in [-0.39, 0.29) is 28.8 Å². The first-order valence-corrected chi connectivity index (χ1v) is 7.76. The number of hydrogen-bond acceptors (Lipinski definition) is 4. The van der Waals surface area contributed by atoms with Gasteiger partial charge in [0.05, 0.1) is 24.4 Å². The second-order valence-corrected chi connectivity index (χ2v) is 5.48. The summed E-state index contributed by atoms with van der Waals surface area (Å²) in [4.78, 5) is 24.2. The Morgan fingerprint density at radius 1 is 1.17 bits per heavy atom. The van der Waals surface area contributed by atoms with Crippen molar-refractivity contribution in [2.45, 2.75) is 13.8 Å². The van der Waals surface area contributed by atoms with Gasteiger partial charge in [0.15, 0.2) is 0 Å². The highest BCUT2D eigenvalue weighted by Crippen LogP contribution is 2.31. The lowest BCUT2D eigenvalue weighted by atomic mass is 10.1. The molecule has 2 rings (SSSR count). The third-order valence-corrected chi connectivity index (χ3v) is 3.66. The number of ether oxygens (including phenoxy) is 2. The van der Waals surface area contributed by atoms with E-state index in [1.807, 2.05) is 19.1 Å². The summed E-state index contributed by atoms with van der Waals surface area (Å²) in [6, 6.07) is 10.1. The Morgan fingerprint density at radius 3 is 2.42 bits per heavy atom. The fraction of sp³-hybridized carbons (Fsp3) is 0.222. The predicted molar refractivity (Wildman–Crippen MR) is 93.1 cm³/mol. The zero-order valence-electron chi connectivity index (χ0n) is 13.7. The van der Waals surface area contributed by atoms with Crippen LogP contribution in [0.15, 0.2) is 36.4 Å². The van der Waals surface area contributed by atoms with Crippen LogP contribution in [0.1, 0.15) is 33.2 Å². The maximum Gasteiger partial charge on any atom is 0.341 e. The van der Waals surface area contributed by atoms with Gasteiger partial charge in [-0.3, -0.25) is 4.79 Å². The molecule has 6 heteroatoms. The molecule has 0 aliphatic rings. The van der Waals surface area contributed by atoms with Crippen LogP contribution < -0.4 is 10.1 Å². The lowest BCUT2D eigenvalue weighted by molar-refractivity contribution is 0.0522. The Labute approximate surface area is 145 Å². The first kappa shape index (κ1) is 17.8. The number of amides is 1. The summed E-state index contributed by atoms with van der Waals surface area (Å²) in [6.07, 6.45) is 0. The van der Waals surface area contributed by atoms with Crippen LogP contribution in [-0.4, -0.2) is 25.6 Å². The number of rotatable bonds is 5. The average Bonchev–Trinajstić information content (AvgIpc) is 2.57. The van der Waals surface area contributed by atoms with Crippen LogP contribution in [-0.2, 0) is 4.74 Å². The van der Waals surface area contributed by atoms with Crippen molar-refractivity contribution in [3.05, 3.63) is 58.1 Å². The largest absolute Gasteiger partial charge is 0.496 e. The van der Waals surface area contributed by atoms with Gasteiger partial charge in [-0.05, 0) is 32.0 Å². The molecular weight excluding hydrogens is 330 g/mol. The Kier molecular flexibility index (Phi) is 5.82. The molecule has 1 amide bonds. The van der Waals surface area contributed by atoms with Crippen LogP contribution in [0.2, 0.25) is 5.02 Å². The van der Waals surface area contributed by atoms with E-state index in [1.54, 1.807) is 19.1 Å². The molecule has 0 aliphatic carbocycles. The third kappa shape index (κ3) is 4.06. The summed E-state index contributed by atoms with van der Waals surface area (Å²) in [7, 11) is 1.43. The molecule has 0 bridgehead atoms. The molecule has 5 nitrogen and oxygen atoms in total. The fourth-order valence-electron chi connectivity index (χ4n) is 2.09. The van der Waals surface area contributed by atoms with Gasteiger partial charge < -0.3 is 14.8 Å². The first-order chi connectivity index (χ1) is 11.5. The Bertz CT molecular complexity index is 756. The molecular formula is C18H18ClNO4. The molecule has 126 valence electrons. The summed E-state index contributed by atoms with van der Waals surface area (Å²) in [6.45, 7) is 3.89. The number of aryl methyl sites for hydroxylation is 1. The monoisotopic (exact) mass is 347 g/mol. The molecule has 2 aromatic rings. The van der Waals surface area contributed by atoms with Crippen molar-refractivity contribution in [3.63, 3.8) is 0 Å².